The first-order chi connectivity index (χ1) is 15.7. The van der Waals surface area contributed by atoms with Gasteiger partial charge in [-0.25, -0.2) is 0 Å². The number of nitrogens with one attached hydrogen (secondary N) is 1. The number of piperidine rings is 1. The van der Waals surface area contributed by atoms with Crippen molar-refractivity contribution in [3.8, 4) is 17.2 Å². The van der Waals surface area contributed by atoms with E-state index < -0.39 is 28.9 Å². The van der Waals surface area contributed by atoms with Crippen LogP contribution in [-0.2, 0) is 12.7 Å². The van der Waals surface area contributed by atoms with Crippen molar-refractivity contribution in [2.24, 2.45) is 0 Å². The lowest BCUT2D eigenvalue weighted by Gasteiger charge is -2.33. The molecule has 0 aliphatic carbocycles. The van der Waals surface area contributed by atoms with Gasteiger partial charge in [-0.2, -0.15) is 13.2 Å². The third-order valence-corrected chi connectivity index (χ3v) is 6.81. The summed E-state index contributed by atoms with van der Waals surface area (Å²) < 4.78 is 53.0. The van der Waals surface area contributed by atoms with E-state index in [1.54, 1.807) is 18.2 Å². The fourth-order valence-corrected chi connectivity index (χ4v) is 4.83. The molecule has 9 heteroatoms. The summed E-state index contributed by atoms with van der Waals surface area (Å²) in [5.41, 5.74) is -1.19. The Balaban J connectivity index is 1.88. The average molecular weight is 526 g/mol. The molecule has 1 fully saturated rings. The van der Waals surface area contributed by atoms with E-state index in [2.05, 4.69) is 22.9 Å². The molecular formula is C24H23BrF3NO4. The maximum atomic E-state index is 14.0. The van der Waals surface area contributed by atoms with Gasteiger partial charge >= 0.3 is 6.18 Å². The quantitative estimate of drug-likeness (QED) is 0.520. The molecule has 2 atom stereocenters. The van der Waals surface area contributed by atoms with Crippen LogP contribution in [0.5, 0.6) is 17.2 Å². The first-order valence-corrected chi connectivity index (χ1v) is 11.6. The fraction of sp³-hybridized carbons (Fsp3) is 0.375. The largest absolute Gasteiger partial charge is 0.872 e. The van der Waals surface area contributed by atoms with Crippen LogP contribution in [0.4, 0.5) is 13.2 Å². The highest BCUT2D eigenvalue weighted by Crippen LogP contribution is 2.40. The van der Waals surface area contributed by atoms with Crippen molar-refractivity contribution in [3.63, 3.8) is 0 Å². The number of rotatable bonds is 5. The summed E-state index contributed by atoms with van der Waals surface area (Å²) in [7, 11) is 0. The zero-order valence-corrected chi connectivity index (χ0v) is 19.5. The standard InChI is InChI=1S/C24H23BrF3NO4/c1-2-14-7-5-6-12-29(14)13-16-18(30)11-10-15-20(31)22(23(24(26,27)28)33-21(15)16)32-19-9-4-3-8-17(19)25/h3-4,8-11,14,30H,2,5-7,12-13H2,1H3. The SMILES string of the molecule is CCC1CCCC[NH+]1Cc1c([O-])ccc2c(=O)c(Oc3ccccc3Br)c(C(F)(F)F)oc12. The van der Waals surface area contributed by atoms with Gasteiger partial charge in [-0.05, 0) is 59.8 Å². The van der Waals surface area contributed by atoms with Gasteiger partial charge in [0.1, 0.15) is 17.9 Å². The van der Waals surface area contributed by atoms with Crippen molar-refractivity contribution < 1.29 is 32.3 Å². The molecule has 0 amide bonds. The number of likely N-dealkylation sites (tertiary alicyclic amines) is 1. The molecule has 1 saturated heterocycles. The summed E-state index contributed by atoms with van der Waals surface area (Å²) >= 11 is 3.21. The second kappa shape index (κ2) is 9.38. The summed E-state index contributed by atoms with van der Waals surface area (Å²) in [5, 5.41) is 12.6. The number of halogens is 4. The lowest BCUT2D eigenvalue weighted by Crippen LogP contribution is -3.15. The Morgan fingerprint density at radius 1 is 1.21 bits per heavy atom. The highest BCUT2D eigenvalue weighted by atomic mass is 79.9. The molecule has 1 aliphatic rings. The smallest absolute Gasteiger partial charge is 0.453 e. The van der Waals surface area contributed by atoms with Gasteiger partial charge in [0.2, 0.25) is 11.2 Å². The number of benzene rings is 2. The van der Waals surface area contributed by atoms with E-state index in [1.165, 1.54) is 18.2 Å². The van der Waals surface area contributed by atoms with E-state index in [9.17, 15) is 23.1 Å². The summed E-state index contributed by atoms with van der Waals surface area (Å²) in [6.07, 6.45) is -1.04. The molecule has 0 bridgehead atoms. The Morgan fingerprint density at radius 2 is 1.97 bits per heavy atom. The van der Waals surface area contributed by atoms with Crippen LogP contribution in [0.1, 0.15) is 43.9 Å². The number of fused-ring (bicyclic) bond motifs is 1. The van der Waals surface area contributed by atoms with Crippen molar-refractivity contribution in [2.45, 2.75) is 51.4 Å². The Hall–Kier alpha value is -2.52. The van der Waals surface area contributed by atoms with Crippen LogP contribution >= 0.6 is 15.9 Å². The van der Waals surface area contributed by atoms with Crippen LogP contribution in [0, 0.1) is 0 Å². The van der Waals surface area contributed by atoms with E-state index in [0.29, 0.717) is 10.5 Å². The first kappa shape index (κ1) is 23.6. The minimum atomic E-state index is -5.00. The molecule has 1 aromatic heterocycles. The third-order valence-electron chi connectivity index (χ3n) is 6.16. The maximum Gasteiger partial charge on any atom is 0.453 e. The minimum Gasteiger partial charge on any atom is -0.872 e. The average Bonchev–Trinajstić information content (AvgIpc) is 2.78. The molecule has 4 rings (SSSR count). The van der Waals surface area contributed by atoms with Crippen molar-refractivity contribution in [1.82, 2.24) is 0 Å². The van der Waals surface area contributed by atoms with Crippen LogP contribution < -0.4 is 20.2 Å². The van der Waals surface area contributed by atoms with Crippen LogP contribution in [0.15, 0.2) is 50.1 Å². The Bertz CT molecular complexity index is 1220. The summed E-state index contributed by atoms with van der Waals surface area (Å²) in [6, 6.07) is 8.99. The molecule has 33 heavy (non-hydrogen) atoms. The second-order valence-corrected chi connectivity index (χ2v) is 9.08. The van der Waals surface area contributed by atoms with E-state index in [4.69, 9.17) is 9.15 Å². The van der Waals surface area contributed by atoms with Gasteiger partial charge < -0.3 is 19.2 Å². The molecule has 5 nitrogen and oxygen atoms in total. The molecule has 1 N–H and O–H groups in total. The number of para-hydroxylation sites is 1. The van der Waals surface area contributed by atoms with Crippen molar-refractivity contribution >= 4 is 26.9 Å². The topological polar surface area (TPSA) is 66.9 Å². The van der Waals surface area contributed by atoms with E-state index in [0.717, 1.165) is 37.1 Å². The lowest BCUT2D eigenvalue weighted by molar-refractivity contribution is -0.944. The van der Waals surface area contributed by atoms with E-state index >= 15 is 0 Å². The van der Waals surface area contributed by atoms with Crippen molar-refractivity contribution in [3.05, 3.63) is 62.4 Å². The zero-order chi connectivity index (χ0) is 23.8. The molecule has 0 radical (unpaired) electrons. The van der Waals surface area contributed by atoms with Crippen LogP contribution in [0.3, 0.4) is 0 Å². The van der Waals surface area contributed by atoms with Crippen LogP contribution in [0.25, 0.3) is 11.0 Å². The molecule has 0 saturated carbocycles. The molecule has 0 spiro atoms. The number of hydrogen-bond donors (Lipinski definition) is 1. The minimum absolute atomic E-state index is 0.0406. The summed E-state index contributed by atoms with van der Waals surface area (Å²) in [4.78, 5) is 14.3. The van der Waals surface area contributed by atoms with Gasteiger partial charge in [0.15, 0.2) is 0 Å². The Labute approximate surface area is 196 Å². The predicted octanol–water partition coefficient (Wildman–Crippen LogP) is 4.79. The normalized spacial score (nSPS) is 19.1. The molecule has 3 aromatic rings. The van der Waals surface area contributed by atoms with Gasteiger partial charge in [-0.3, -0.25) is 4.79 Å². The van der Waals surface area contributed by atoms with Crippen molar-refractivity contribution in [1.29, 1.82) is 0 Å². The predicted molar refractivity (Wildman–Crippen MR) is 119 cm³/mol. The van der Waals surface area contributed by atoms with Gasteiger partial charge in [0.25, 0.3) is 5.76 Å². The molecule has 2 aromatic carbocycles. The number of ether oxygens (including phenoxy) is 1. The highest BCUT2D eigenvalue weighted by molar-refractivity contribution is 9.10. The van der Waals surface area contributed by atoms with E-state index in [-0.39, 0.29) is 28.8 Å². The highest BCUT2D eigenvalue weighted by Gasteiger charge is 2.41. The second-order valence-electron chi connectivity index (χ2n) is 8.22. The molecule has 176 valence electrons. The van der Waals surface area contributed by atoms with Gasteiger partial charge in [0, 0.05) is 5.56 Å². The zero-order valence-electron chi connectivity index (χ0n) is 17.9. The fourth-order valence-electron chi connectivity index (χ4n) is 4.47. The number of hydrogen-bond acceptors (Lipinski definition) is 4. The van der Waals surface area contributed by atoms with Gasteiger partial charge in [-0.15, -0.1) is 0 Å². The van der Waals surface area contributed by atoms with E-state index in [1.807, 2.05) is 0 Å². The molecular weight excluding hydrogens is 503 g/mol. The number of quaternary nitrogens is 1. The molecule has 1 aliphatic heterocycles. The monoisotopic (exact) mass is 525 g/mol. The lowest BCUT2D eigenvalue weighted by atomic mass is 9.98. The number of alkyl halides is 3. The third kappa shape index (κ3) is 4.75. The maximum absolute atomic E-state index is 14.0. The molecule has 2 heterocycles. The Morgan fingerprint density at radius 3 is 2.67 bits per heavy atom. The molecule has 2 unspecified atom stereocenters. The summed E-state index contributed by atoms with van der Waals surface area (Å²) in [6.45, 7) is 3.08. The van der Waals surface area contributed by atoms with Crippen molar-refractivity contribution in [2.75, 3.05) is 6.54 Å². The van der Waals surface area contributed by atoms with Crippen LogP contribution in [-0.4, -0.2) is 12.6 Å². The van der Waals surface area contributed by atoms with Crippen LogP contribution in [0.2, 0.25) is 0 Å². The summed E-state index contributed by atoms with van der Waals surface area (Å²) in [5.74, 6) is -2.91. The Kier molecular flexibility index (Phi) is 6.72. The first-order valence-electron chi connectivity index (χ1n) is 10.8. The van der Waals surface area contributed by atoms with Gasteiger partial charge in [0.05, 0.1) is 22.4 Å². The van der Waals surface area contributed by atoms with Gasteiger partial charge in [-0.1, -0.05) is 30.9 Å².